The fourth-order valence-electron chi connectivity index (χ4n) is 3.36. The zero-order valence-corrected chi connectivity index (χ0v) is 16.6. The molecule has 1 aliphatic heterocycles. The first-order chi connectivity index (χ1) is 12.8. The fraction of sp³-hybridized carbons (Fsp3) is 0.500. The van der Waals surface area contributed by atoms with Crippen LogP contribution >= 0.6 is 11.3 Å². The standard InChI is InChI=1S/C20H29N5S/c1-3-21-20(23-14-18-13-22-16(2)26-18)24-15-19(25-11-7-8-12-25)17-9-5-4-6-10-17/h4-6,9-10,13,19H,3,7-8,11-12,14-15H2,1-2H3,(H2,21,23,24). The fourth-order valence-corrected chi connectivity index (χ4v) is 4.08. The monoisotopic (exact) mass is 371 g/mol. The van der Waals surface area contributed by atoms with Gasteiger partial charge < -0.3 is 10.6 Å². The molecule has 3 rings (SSSR count). The highest BCUT2D eigenvalue weighted by atomic mass is 32.1. The van der Waals surface area contributed by atoms with Crippen LogP contribution in [0.5, 0.6) is 0 Å². The number of nitrogens with one attached hydrogen (secondary N) is 2. The predicted molar refractivity (Wildman–Crippen MR) is 110 cm³/mol. The van der Waals surface area contributed by atoms with Gasteiger partial charge in [0.2, 0.25) is 0 Å². The van der Waals surface area contributed by atoms with Crippen LogP contribution in [0, 0.1) is 6.92 Å². The lowest BCUT2D eigenvalue weighted by Crippen LogP contribution is -2.42. The average molecular weight is 372 g/mol. The quantitative estimate of drug-likeness (QED) is 0.579. The minimum absolute atomic E-state index is 0.383. The van der Waals surface area contributed by atoms with E-state index in [1.54, 1.807) is 11.3 Å². The van der Waals surface area contributed by atoms with Gasteiger partial charge >= 0.3 is 0 Å². The van der Waals surface area contributed by atoms with Gasteiger partial charge in [-0.3, -0.25) is 4.90 Å². The summed E-state index contributed by atoms with van der Waals surface area (Å²) in [7, 11) is 0. The highest BCUT2D eigenvalue weighted by Gasteiger charge is 2.23. The Morgan fingerprint density at radius 2 is 2.00 bits per heavy atom. The molecule has 0 bridgehead atoms. The number of guanidine groups is 1. The average Bonchev–Trinajstić information content (AvgIpc) is 3.33. The maximum absolute atomic E-state index is 4.74. The highest BCUT2D eigenvalue weighted by molar-refractivity contribution is 7.11. The number of likely N-dealkylation sites (tertiary alicyclic amines) is 1. The van der Waals surface area contributed by atoms with Crippen LogP contribution in [0.15, 0.2) is 41.5 Å². The molecule has 1 aliphatic rings. The number of nitrogens with zero attached hydrogens (tertiary/aromatic N) is 3. The van der Waals surface area contributed by atoms with Crippen molar-refractivity contribution in [2.24, 2.45) is 4.99 Å². The molecule has 26 heavy (non-hydrogen) atoms. The maximum Gasteiger partial charge on any atom is 0.191 e. The summed E-state index contributed by atoms with van der Waals surface area (Å²) in [5.41, 5.74) is 1.37. The van der Waals surface area contributed by atoms with E-state index in [2.05, 4.69) is 57.8 Å². The third kappa shape index (κ3) is 5.29. The van der Waals surface area contributed by atoms with E-state index >= 15 is 0 Å². The number of hydrogen-bond acceptors (Lipinski definition) is 4. The van der Waals surface area contributed by atoms with E-state index in [9.17, 15) is 0 Å². The molecule has 0 amide bonds. The Morgan fingerprint density at radius 1 is 1.23 bits per heavy atom. The molecular formula is C20H29N5S. The number of aliphatic imine (C=N–C) groups is 1. The van der Waals surface area contributed by atoms with Gasteiger partial charge in [-0.25, -0.2) is 9.98 Å². The lowest BCUT2D eigenvalue weighted by molar-refractivity contribution is 0.245. The Hall–Kier alpha value is -1.92. The number of thiazole rings is 1. The smallest absolute Gasteiger partial charge is 0.191 e. The molecule has 0 saturated carbocycles. The molecular weight excluding hydrogens is 342 g/mol. The summed E-state index contributed by atoms with van der Waals surface area (Å²) < 4.78 is 0. The van der Waals surface area contributed by atoms with Crippen LogP contribution in [0.3, 0.4) is 0 Å². The van der Waals surface area contributed by atoms with Crippen molar-refractivity contribution in [3.63, 3.8) is 0 Å². The SMILES string of the molecule is CCNC(=NCc1cnc(C)s1)NCC(c1ccccc1)N1CCCC1. The van der Waals surface area contributed by atoms with Gasteiger partial charge in [0.25, 0.3) is 0 Å². The van der Waals surface area contributed by atoms with E-state index in [1.165, 1.54) is 36.4 Å². The Bertz CT molecular complexity index is 691. The van der Waals surface area contributed by atoms with Crippen molar-refractivity contribution in [2.75, 3.05) is 26.2 Å². The molecule has 1 atom stereocenters. The highest BCUT2D eigenvalue weighted by Crippen LogP contribution is 2.24. The molecule has 2 aromatic rings. The van der Waals surface area contributed by atoms with Gasteiger partial charge in [-0.1, -0.05) is 30.3 Å². The molecule has 6 heteroatoms. The molecule has 1 saturated heterocycles. The Labute approximate surface area is 160 Å². The van der Waals surface area contributed by atoms with Gasteiger partial charge in [0.05, 0.1) is 17.6 Å². The number of aryl methyl sites for hydroxylation is 1. The van der Waals surface area contributed by atoms with Crippen LogP contribution in [0.2, 0.25) is 0 Å². The minimum Gasteiger partial charge on any atom is -0.357 e. The maximum atomic E-state index is 4.74. The van der Waals surface area contributed by atoms with Gasteiger partial charge in [-0.2, -0.15) is 0 Å². The van der Waals surface area contributed by atoms with E-state index in [-0.39, 0.29) is 0 Å². The van der Waals surface area contributed by atoms with Crippen LogP contribution in [0.1, 0.15) is 41.3 Å². The van der Waals surface area contributed by atoms with Gasteiger partial charge in [-0.05, 0) is 45.3 Å². The first kappa shape index (κ1) is 18.9. The normalized spacial score (nSPS) is 16.6. The van der Waals surface area contributed by atoms with Crippen molar-refractivity contribution in [3.05, 3.63) is 52.0 Å². The van der Waals surface area contributed by atoms with Crippen LogP contribution in [-0.4, -0.2) is 42.0 Å². The summed E-state index contributed by atoms with van der Waals surface area (Å²) in [6.07, 6.45) is 4.51. The molecule has 0 radical (unpaired) electrons. The van der Waals surface area contributed by atoms with Crippen molar-refractivity contribution >= 4 is 17.3 Å². The van der Waals surface area contributed by atoms with Gasteiger partial charge in [0, 0.05) is 24.2 Å². The van der Waals surface area contributed by atoms with E-state index in [0.717, 1.165) is 24.1 Å². The second kappa shape index (κ2) is 9.69. The second-order valence-electron chi connectivity index (χ2n) is 6.59. The van der Waals surface area contributed by atoms with Crippen molar-refractivity contribution in [1.82, 2.24) is 20.5 Å². The van der Waals surface area contributed by atoms with E-state index < -0.39 is 0 Å². The van der Waals surface area contributed by atoms with Crippen molar-refractivity contribution in [1.29, 1.82) is 0 Å². The third-order valence-electron chi connectivity index (χ3n) is 4.64. The largest absolute Gasteiger partial charge is 0.357 e. The summed E-state index contributed by atoms with van der Waals surface area (Å²) in [4.78, 5) is 12.8. The summed E-state index contributed by atoms with van der Waals surface area (Å²) in [5.74, 6) is 0.874. The van der Waals surface area contributed by atoms with Crippen LogP contribution < -0.4 is 10.6 Å². The minimum atomic E-state index is 0.383. The van der Waals surface area contributed by atoms with E-state index in [0.29, 0.717) is 12.6 Å². The first-order valence-electron chi connectivity index (χ1n) is 9.48. The van der Waals surface area contributed by atoms with Gasteiger partial charge in [-0.15, -0.1) is 11.3 Å². The van der Waals surface area contributed by atoms with Crippen LogP contribution in [-0.2, 0) is 6.54 Å². The summed E-state index contributed by atoms with van der Waals surface area (Å²) in [6, 6.07) is 11.2. The third-order valence-corrected chi connectivity index (χ3v) is 5.53. The molecule has 2 heterocycles. The van der Waals surface area contributed by atoms with Crippen molar-refractivity contribution < 1.29 is 0 Å². The number of rotatable bonds is 7. The molecule has 0 spiro atoms. The second-order valence-corrected chi connectivity index (χ2v) is 7.91. The topological polar surface area (TPSA) is 52.6 Å². The van der Waals surface area contributed by atoms with Crippen LogP contribution in [0.25, 0.3) is 0 Å². The molecule has 1 aromatic heterocycles. The summed E-state index contributed by atoms with van der Waals surface area (Å²) in [6.45, 7) is 8.86. The number of hydrogen-bond donors (Lipinski definition) is 2. The number of benzene rings is 1. The van der Waals surface area contributed by atoms with E-state index in [1.807, 2.05) is 13.1 Å². The molecule has 0 aliphatic carbocycles. The number of aromatic nitrogens is 1. The molecule has 1 fully saturated rings. The van der Waals surface area contributed by atoms with Crippen LogP contribution in [0.4, 0.5) is 0 Å². The Kier molecular flexibility index (Phi) is 7.03. The summed E-state index contributed by atoms with van der Waals surface area (Å²) >= 11 is 1.71. The molecule has 2 N–H and O–H groups in total. The molecule has 140 valence electrons. The molecule has 5 nitrogen and oxygen atoms in total. The lowest BCUT2D eigenvalue weighted by atomic mass is 10.1. The zero-order valence-electron chi connectivity index (χ0n) is 15.7. The van der Waals surface area contributed by atoms with Gasteiger partial charge in [0.15, 0.2) is 5.96 Å². The van der Waals surface area contributed by atoms with Crippen molar-refractivity contribution in [3.8, 4) is 0 Å². The van der Waals surface area contributed by atoms with Gasteiger partial charge in [0.1, 0.15) is 0 Å². The van der Waals surface area contributed by atoms with Crippen molar-refractivity contribution in [2.45, 2.75) is 39.3 Å². The molecule has 1 aromatic carbocycles. The molecule has 1 unspecified atom stereocenters. The predicted octanol–water partition coefficient (Wildman–Crippen LogP) is 3.34. The Balaban J connectivity index is 1.66. The lowest BCUT2D eigenvalue weighted by Gasteiger charge is -2.29. The first-order valence-corrected chi connectivity index (χ1v) is 10.3. The zero-order chi connectivity index (χ0) is 18.2. The Morgan fingerprint density at radius 3 is 2.65 bits per heavy atom. The summed E-state index contributed by atoms with van der Waals surface area (Å²) in [5, 5.41) is 8.01. The van der Waals surface area contributed by atoms with E-state index in [4.69, 9.17) is 4.99 Å².